The fraction of sp³-hybridized carbons (Fsp3) is 0.333. The van der Waals surface area contributed by atoms with Crippen LogP contribution in [0.1, 0.15) is 5.69 Å². The van der Waals surface area contributed by atoms with Gasteiger partial charge in [0, 0.05) is 6.54 Å². The number of nitrogens with zero attached hydrogens (tertiary/aromatic N) is 2. The SMILES string of the molecule is C=CC(=O)NCCn1ncc(Cl)c1C. The number of nitrogens with one attached hydrogen (secondary N) is 1. The first kappa shape index (κ1) is 10.8. The Labute approximate surface area is 87.6 Å². The Morgan fingerprint density at radius 3 is 3.07 bits per heavy atom. The third kappa shape index (κ3) is 2.60. The quantitative estimate of drug-likeness (QED) is 0.763. The van der Waals surface area contributed by atoms with Crippen LogP contribution in [0.5, 0.6) is 0 Å². The number of carbonyl (C=O) groups excluding carboxylic acids is 1. The van der Waals surface area contributed by atoms with Crippen molar-refractivity contribution in [2.45, 2.75) is 13.5 Å². The Balaban J connectivity index is 2.42. The van der Waals surface area contributed by atoms with E-state index in [0.29, 0.717) is 18.1 Å². The molecule has 0 spiro atoms. The topological polar surface area (TPSA) is 46.9 Å². The first-order valence-corrected chi connectivity index (χ1v) is 4.61. The van der Waals surface area contributed by atoms with Crippen molar-refractivity contribution in [2.24, 2.45) is 0 Å². The zero-order chi connectivity index (χ0) is 10.6. The van der Waals surface area contributed by atoms with E-state index in [1.807, 2.05) is 6.92 Å². The van der Waals surface area contributed by atoms with Crippen LogP contribution >= 0.6 is 11.6 Å². The van der Waals surface area contributed by atoms with Crippen molar-refractivity contribution in [3.05, 3.63) is 29.6 Å². The van der Waals surface area contributed by atoms with Crippen molar-refractivity contribution in [3.8, 4) is 0 Å². The number of hydrogen-bond acceptors (Lipinski definition) is 2. The van der Waals surface area contributed by atoms with E-state index in [2.05, 4.69) is 17.0 Å². The number of halogens is 1. The van der Waals surface area contributed by atoms with Gasteiger partial charge in [-0.1, -0.05) is 18.2 Å². The van der Waals surface area contributed by atoms with Gasteiger partial charge in [-0.25, -0.2) is 0 Å². The summed E-state index contributed by atoms with van der Waals surface area (Å²) >= 11 is 5.81. The Hall–Kier alpha value is -1.29. The molecule has 0 saturated heterocycles. The number of amides is 1. The highest BCUT2D eigenvalue weighted by Crippen LogP contribution is 2.12. The van der Waals surface area contributed by atoms with Gasteiger partial charge in [0.15, 0.2) is 0 Å². The molecule has 0 radical (unpaired) electrons. The first-order valence-electron chi connectivity index (χ1n) is 4.23. The van der Waals surface area contributed by atoms with E-state index in [9.17, 15) is 4.79 Å². The molecule has 1 amide bonds. The van der Waals surface area contributed by atoms with Gasteiger partial charge in [0.25, 0.3) is 0 Å². The molecule has 0 aliphatic rings. The number of hydrogen-bond donors (Lipinski definition) is 1. The Kier molecular flexibility index (Phi) is 3.71. The molecule has 0 aliphatic heterocycles. The van der Waals surface area contributed by atoms with Crippen LogP contribution in [-0.4, -0.2) is 22.2 Å². The summed E-state index contributed by atoms with van der Waals surface area (Å²) < 4.78 is 1.74. The van der Waals surface area contributed by atoms with E-state index in [1.54, 1.807) is 10.9 Å². The monoisotopic (exact) mass is 213 g/mol. The van der Waals surface area contributed by atoms with Crippen molar-refractivity contribution < 1.29 is 4.79 Å². The molecule has 0 aromatic carbocycles. The number of aromatic nitrogens is 2. The lowest BCUT2D eigenvalue weighted by atomic mass is 10.4. The molecule has 1 rings (SSSR count). The molecule has 0 fully saturated rings. The zero-order valence-corrected chi connectivity index (χ0v) is 8.71. The van der Waals surface area contributed by atoms with Crippen molar-refractivity contribution in [2.75, 3.05) is 6.54 Å². The maximum atomic E-state index is 10.8. The van der Waals surface area contributed by atoms with Gasteiger partial charge < -0.3 is 5.32 Å². The minimum absolute atomic E-state index is 0.180. The minimum atomic E-state index is -0.180. The summed E-state index contributed by atoms with van der Waals surface area (Å²) in [5.41, 5.74) is 0.902. The van der Waals surface area contributed by atoms with Gasteiger partial charge in [0.2, 0.25) is 5.91 Å². The van der Waals surface area contributed by atoms with Crippen LogP contribution in [0.4, 0.5) is 0 Å². The third-order valence-corrected chi connectivity index (χ3v) is 2.22. The number of carbonyl (C=O) groups is 1. The fourth-order valence-corrected chi connectivity index (χ4v) is 1.15. The van der Waals surface area contributed by atoms with Crippen LogP contribution < -0.4 is 5.32 Å². The Bertz CT molecular complexity index is 346. The first-order chi connectivity index (χ1) is 6.65. The average Bonchev–Trinajstić information content (AvgIpc) is 2.49. The Morgan fingerprint density at radius 2 is 2.57 bits per heavy atom. The molecule has 14 heavy (non-hydrogen) atoms. The van der Waals surface area contributed by atoms with Crippen LogP contribution in [0, 0.1) is 6.92 Å². The van der Waals surface area contributed by atoms with E-state index >= 15 is 0 Å². The molecule has 0 atom stereocenters. The lowest BCUT2D eigenvalue weighted by Crippen LogP contribution is -2.25. The van der Waals surface area contributed by atoms with Gasteiger partial charge in [0.1, 0.15) is 0 Å². The van der Waals surface area contributed by atoms with Crippen molar-refractivity contribution in [1.82, 2.24) is 15.1 Å². The van der Waals surface area contributed by atoms with E-state index < -0.39 is 0 Å². The van der Waals surface area contributed by atoms with Crippen LogP contribution in [0.2, 0.25) is 5.02 Å². The van der Waals surface area contributed by atoms with E-state index in [0.717, 1.165) is 5.69 Å². The number of rotatable bonds is 4. The highest BCUT2D eigenvalue weighted by atomic mass is 35.5. The second kappa shape index (κ2) is 4.81. The van der Waals surface area contributed by atoms with Crippen LogP contribution in [0.3, 0.4) is 0 Å². The molecule has 0 unspecified atom stereocenters. The van der Waals surface area contributed by atoms with Gasteiger partial charge in [-0.05, 0) is 13.0 Å². The summed E-state index contributed by atoms with van der Waals surface area (Å²) in [6.07, 6.45) is 2.83. The molecule has 0 aliphatic carbocycles. The lowest BCUT2D eigenvalue weighted by Gasteiger charge is -2.04. The van der Waals surface area contributed by atoms with Gasteiger partial charge in [0.05, 0.1) is 23.5 Å². The average molecular weight is 214 g/mol. The summed E-state index contributed by atoms with van der Waals surface area (Å²) in [5, 5.41) is 7.34. The van der Waals surface area contributed by atoms with Crippen molar-refractivity contribution in [1.29, 1.82) is 0 Å². The molecule has 0 bridgehead atoms. The standard InChI is InChI=1S/C9H12ClN3O/c1-3-9(14)11-4-5-13-7(2)8(10)6-12-13/h3,6H,1,4-5H2,2H3,(H,11,14). The third-order valence-electron chi connectivity index (χ3n) is 1.85. The second-order valence-electron chi connectivity index (χ2n) is 2.80. The van der Waals surface area contributed by atoms with Gasteiger partial charge in [-0.2, -0.15) is 5.10 Å². The Morgan fingerprint density at radius 1 is 1.86 bits per heavy atom. The minimum Gasteiger partial charge on any atom is -0.351 e. The zero-order valence-electron chi connectivity index (χ0n) is 7.96. The molecule has 1 aromatic heterocycles. The van der Waals surface area contributed by atoms with Crippen LogP contribution in [0.25, 0.3) is 0 Å². The molecule has 1 aromatic rings. The maximum absolute atomic E-state index is 10.8. The highest BCUT2D eigenvalue weighted by molar-refractivity contribution is 6.31. The van der Waals surface area contributed by atoms with Crippen LogP contribution in [0.15, 0.2) is 18.9 Å². The van der Waals surface area contributed by atoms with E-state index in [1.165, 1.54) is 6.08 Å². The van der Waals surface area contributed by atoms with Gasteiger partial charge in [-0.15, -0.1) is 0 Å². The molecule has 76 valence electrons. The molecular weight excluding hydrogens is 202 g/mol. The predicted molar refractivity (Wildman–Crippen MR) is 55.2 cm³/mol. The summed E-state index contributed by atoms with van der Waals surface area (Å²) in [7, 11) is 0. The molecule has 1 heterocycles. The highest BCUT2D eigenvalue weighted by Gasteiger charge is 2.03. The van der Waals surface area contributed by atoms with Crippen molar-refractivity contribution >= 4 is 17.5 Å². The molecular formula is C9H12ClN3O. The largest absolute Gasteiger partial charge is 0.351 e. The summed E-state index contributed by atoms with van der Waals surface area (Å²) in [6.45, 7) is 6.36. The second-order valence-corrected chi connectivity index (χ2v) is 3.20. The lowest BCUT2D eigenvalue weighted by molar-refractivity contribution is -0.116. The summed E-state index contributed by atoms with van der Waals surface area (Å²) in [5.74, 6) is -0.180. The molecule has 0 saturated carbocycles. The normalized spacial score (nSPS) is 9.86. The van der Waals surface area contributed by atoms with Gasteiger partial charge >= 0.3 is 0 Å². The fourth-order valence-electron chi connectivity index (χ4n) is 1.01. The maximum Gasteiger partial charge on any atom is 0.243 e. The van der Waals surface area contributed by atoms with E-state index in [4.69, 9.17) is 11.6 Å². The molecule has 4 nitrogen and oxygen atoms in total. The molecule has 5 heteroatoms. The molecule has 1 N–H and O–H groups in total. The summed E-state index contributed by atoms with van der Waals surface area (Å²) in [6, 6.07) is 0. The smallest absolute Gasteiger partial charge is 0.243 e. The van der Waals surface area contributed by atoms with E-state index in [-0.39, 0.29) is 5.91 Å². The van der Waals surface area contributed by atoms with Gasteiger partial charge in [-0.3, -0.25) is 9.48 Å². The van der Waals surface area contributed by atoms with Crippen molar-refractivity contribution in [3.63, 3.8) is 0 Å². The predicted octanol–water partition coefficient (Wildman–Crippen LogP) is 1.15. The van der Waals surface area contributed by atoms with Crippen LogP contribution in [-0.2, 0) is 11.3 Å². The summed E-state index contributed by atoms with van der Waals surface area (Å²) in [4.78, 5) is 10.8.